The van der Waals surface area contributed by atoms with E-state index in [9.17, 15) is 18.4 Å². The molecule has 230 valence electrons. The number of nitrogens with one attached hydrogen (secondary N) is 1. The summed E-state index contributed by atoms with van der Waals surface area (Å²) >= 11 is 0. The molecule has 0 unspecified atom stereocenters. The summed E-state index contributed by atoms with van der Waals surface area (Å²) < 4.78 is 43.2. The number of carbonyl (C=O) groups is 2. The Balaban J connectivity index is 1.01. The van der Waals surface area contributed by atoms with Gasteiger partial charge in [-0.05, 0) is 51.0 Å². The quantitative estimate of drug-likeness (QED) is 0.438. The van der Waals surface area contributed by atoms with Gasteiger partial charge in [0.25, 0.3) is 12.3 Å². The zero-order chi connectivity index (χ0) is 29.7. The predicted octanol–water partition coefficient (Wildman–Crippen LogP) is 3.60. The Kier molecular flexibility index (Phi) is 7.49. The molecule has 3 aromatic heterocycles. The number of hydrogen-bond acceptors (Lipinski definition) is 8. The van der Waals surface area contributed by atoms with Crippen molar-refractivity contribution >= 4 is 29.0 Å². The van der Waals surface area contributed by atoms with Crippen molar-refractivity contribution in [3.63, 3.8) is 0 Å². The van der Waals surface area contributed by atoms with Crippen LogP contribution in [0.25, 0.3) is 5.65 Å². The minimum atomic E-state index is -2.85. The Morgan fingerprint density at radius 1 is 1.09 bits per heavy atom. The topological polar surface area (TPSA) is 119 Å². The molecule has 1 aliphatic carbocycles. The van der Waals surface area contributed by atoms with Crippen LogP contribution < -0.4 is 10.2 Å². The summed E-state index contributed by atoms with van der Waals surface area (Å²) in [6, 6.07) is 2.05. The molecule has 4 aliphatic rings. The van der Waals surface area contributed by atoms with Gasteiger partial charge in [-0.1, -0.05) is 0 Å². The molecule has 0 spiro atoms. The second-order valence-corrected chi connectivity index (χ2v) is 12.0. The fraction of sp³-hybridized carbons (Fsp3) is 0.621. The SMILES string of the molecule is CC(=O)N1CCC(OC2CCC(n3cc(NC(=O)c4cnn5ccc(N6C[C@H]7C[C@@H]6CO7)nc45)c(C(F)F)n3)CC2)CC1. The molecule has 2 bridgehead atoms. The van der Waals surface area contributed by atoms with Crippen LogP contribution in [0.3, 0.4) is 0 Å². The van der Waals surface area contributed by atoms with Crippen molar-refractivity contribution < 1.29 is 27.8 Å². The third-order valence-electron chi connectivity index (χ3n) is 9.30. The second-order valence-electron chi connectivity index (χ2n) is 12.0. The molecule has 43 heavy (non-hydrogen) atoms. The number of piperidine rings is 1. The molecule has 0 aromatic carbocycles. The van der Waals surface area contributed by atoms with Gasteiger partial charge in [0, 0.05) is 39.0 Å². The molecule has 4 fully saturated rings. The molecular formula is C29H36F2N8O4. The summed E-state index contributed by atoms with van der Waals surface area (Å²) in [5.41, 5.74) is 0.0828. The fourth-order valence-electron chi connectivity index (χ4n) is 6.92. The summed E-state index contributed by atoms with van der Waals surface area (Å²) in [7, 11) is 0. The van der Waals surface area contributed by atoms with Crippen LogP contribution >= 0.6 is 0 Å². The molecule has 3 aromatic rings. The summed E-state index contributed by atoms with van der Waals surface area (Å²) in [4.78, 5) is 33.7. The number of nitrogens with zero attached hydrogens (tertiary/aromatic N) is 7. The van der Waals surface area contributed by atoms with E-state index in [4.69, 9.17) is 14.5 Å². The van der Waals surface area contributed by atoms with E-state index >= 15 is 0 Å². The molecule has 6 heterocycles. The fourth-order valence-corrected chi connectivity index (χ4v) is 6.92. The number of amides is 2. The second kappa shape index (κ2) is 11.5. The summed E-state index contributed by atoms with van der Waals surface area (Å²) in [5.74, 6) is 0.265. The lowest BCUT2D eigenvalue weighted by atomic mass is 9.92. The number of alkyl halides is 2. The highest BCUT2D eigenvalue weighted by atomic mass is 19.3. The summed E-state index contributed by atoms with van der Waals surface area (Å²) in [5, 5.41) is 11.1. The van der Waals surface area contributed by atoms with Gasteiger partial charge in [-0.25, -0.2) is 18.3 Å². The first kappa shape index (κ1) is 28.1. The van der Waals surface area contributed by atoms with E-state index in [1.807, 2.05) is 11.0 Å². The number of hydrogen-bond donors (Lipinski definition) is 1. The maximum absolute atomic E-state index is 14.0. The molecule has 3 aliphatic heterocycles. The third kappa shape index (κ3) is 5.57. The van der Waals surface area contributed by atoms with E-state index in [-0.39, 0.29) is 47.6 Å². The Morgan fingerprint density at radius 2 is 1.86 bits per heavy atom. The first-order chi connectivity index (χ1) is 20.8. The molecule has 2 atom stereocenters. The largest absolute Gasteiger partial charge is 0.375 e. The van der Waals surface area contributed by atoms with Crippen molar-refractivity contribution in [2.24, 2.45) is 0 Å². The van der Waals surface area contributed by atoms with E-state index in [2.05, 4.69) is 20.4 Å². The minimum absolute atomic E-state index is 0.0138. The van der Waals surface area contributed by atoms with Crippen LogP contribution in [0.4, 0.5) is 20.3 Å². The van der Waals surface area contributed by atoms with Crippen molar-refractivity contribution in [3.8, 4) is 0 Å². The molecule has 1 saturated carbocycles. The van der Waals surface area contributed by atoms with Crippen molar-refractivity contribution in [2.45, 2.75) is 88.7 Å². The molecule has 14 heteroatoms. The first-order valence-electron chi connectivity index (χ1n) is 15.1. The van der Waals surface area contributed by atoms with Crippen LogP contribution in [0.2, 0.25) is 0 Å². The van der Waals surface area contributed by atoms with Crippen LogP contribution in [0.5, 0.6) is 0 Å². The van der Waals surface area contributed by atoms with Crippen LogP contribution in [0.1, 0.15) is 80.4 Å². The highest BCUT2D eigenvalue weighted by molar-refractivity contribution is 6.08. The maximum Gasteiger partial charge on any atom is 0.284 e. The Hall–Kier alpha value is -3.65. The number of ether oxygens (including phenoxy) is 2. The number of aromatic nitrogens is 5. The lowest BCUT2D eigenvalue weighted by Crippen LogP contribution is -2.41. The van der Waals surface area contributed by atoms with Gasteiger partial charge in [0.05, 0.1) is 48.9 Å². The zero-order valence-electron chi connectivity index (χ0n) is 24.1. The lowest BCUT2D eigenvalue weighted by Gasteiger charge is -2.35. The summed E-state index contributed by atoms with van der Waals surface area (Å²) in [6.45, 7) is 4.42. The molecule has 3 saturated heterocycles. The molecular weight excluding hydrogens is 562 g/mol. The average Bonchev–Trinajstić information content (AvgIpc) is 3.81. The Morgan fingerprint density at radius 3 is 2.53 bits per heavy atom. The van der Waals surface area contributed by atoms with Gasteiger partial charge in [-0.2, -0.15) is 10.2 Å². The number of halogens is 2. The van der Waals surface area contributed by atoms with Gasteiger partial charge < -0.3 is 24.6 Å². The number of rotatable bonds is 7. The van der Waals surface area contributed by atoms with Crippen molar-refractivity contribution in [1.82, 2.24) is 29.3 Å². The number of anilines is 2. The monoisotopic (exact) mass is 598 g/mol. The van der Waals surface area contributed by atoms with Crippen molar-refractivity contribution in [3.05, 3.63) is 35.9 Å². The van der Waals surface area contributed by atoms with Gasteiger partial charge in [0.2, 0.25) is 5.91 Å². The van der Waals surface area contributed by atoms with Crippen LogP contribution in [-0.4, -0.2) is 91.7 Å². The maximum atomic E-state index is 14.0. The molecule has 2 amide bonds. The van der Waals surface area contributed by atoms with E-state index in [0.717, 1.165) is 70.4 Å². The number of likely N-dealkylation sites (tertiary alicyclic amines) is 1. The average molecular weight is 599 g/mol. The lowest BCUT2D eigenvalue weighted by molar-refractivity contribution is -0.132. The molecule has 7 rings (SSSR count). The van der Waals surface area contributed by atoms with E-state index in [0.29, 0.717) is 12.3 Å². The van der Waals surface area contributed by atoms with E-state index in [1.165, 1.54) is 16.9 Å². The molecule has 0 radical (unpaired) electrons. The Bertz CT molecular complexity index is 1490. The van der Waals surface area contributed by atoms with E-state index < -0.39 is 18.0 Å². The first-order valence-corrected chi connectivity index (χ1v) is 15.1. The number of carbonyl (C=O) groups excluding carboxylic acids is 2. The van der Waals surface area contributed by atoms with Gasteiger partial charge in [-0.3, -0.25) is 14.3 Å². The summed E-state index contributed by atoms with van der Waals surface area (Å²) in [6.07, 6.45) is 7.92. The number of fused-ring (bicyclic) bond motifs is 3. The molecule has 12 nitrogen and oxygen atoms in total. The van der Waals surface area contributed by atoms with Gasteiger partial charge in [-0.15, -0.1) is 0 Å². The van der Waals surface area contributed by atoms with Crippen LogP contribution in [-0.2, 0) is 14.3 Å². The highest BCUT2D eigenvalue weighted by Crippen LogP contribution is 2.35. The van der Waals surface area contributed by atoms with Crippen molar-refractivity contribution in [2.75, 3.05) is 36.5 Å². The highest BCUT2D eigenvalue weighted by Gasteiger charge is 2.40. The van der Waals surface area contributed by atoms with Crippen LogP contribution in [0.15, 0.2) is 24.7 Å². The van der Waals surface area contributed by atoms with Gasteiger partial charge in [0.1, 0.15) is 11.4 Å². The standard InChI is InChI=1S/C29H36F2N8O4/c1-17(40)36-9-6-21(7-10-36)43-20-4-2-18(3-5-20)39-15-24(26(35-39)27(30)31)33-29(41)23-13-32-38-11-8-25(34-28(23)38)37-14-22-12-19(37)16-42-22/h8,11,13,15,18-22,27H,2-7,9-10,12,14,16H2,1H3,(H,33,41)/t18?,19-,20?,22-/m1/s1. The zero-order valence-corrected chi connectivity index (χ0v) is 24.1. The van der Waals surface area contributed by atoms with Crippen LogP contribution in [0, 0.1) is 0 Å². The normalized spacial score (nSPS) is 26.1. The van der Waals surface area contributed by atoms with Gasteiger partial charge in [0.15, 0.2) is 11.3 Å². The number of morpholine rings is 1. The van der Waals surface area contributed by atoms with Gasteiger partial charge >= 0.3 is 0 Å². The molecule has 1 N–H and O–H groups in total. The smallest absolute Gasteiger partial charge is 0.284 e. The van der Waals surface area contributed by atoms with E-state index in [1.54, 1.807) is 17.8 Å². The predicted molar refractivity (Wildman–Crippen MR) is 151 cm³/mol. The Labute approximate surface area is 247 Å². The third-order valence-corrected chi connectivity index (χ3v) is 9.30. The van der Waals surface area contributed by atoms with Crippen molar-refractivity contribution in [1.29, 1.82) is 0 Å². The minimum Gasteiger partial charge on any atom is -0.375 e.